The largest absolute Gasteiger partial charge is 0.354 e. The molecule has 1 amide bonds. The van der Waals surface area contributed by atoms with Gasteiger partial charge in [-0.1, -0.05) is 43.7 Å². The molecule has 0 spiro atoms. The summed E-state index contributed by atoms with van der Waals surface area (Å²) in [6.45, 7) is 5.47. The Bertz CT molecular complexity index is 658. The highest BCUT2D eigenvalue weighted by Gasteiger charge is 2.14. The second-order valence-corrected chi connectivity index (χ2v) is 5.96. The molecular weight excluding hydrogens is 300 g/mol. The molecule has 1 heterocycles. The topological polar surface area (TPSA) is 58.1 Å². The van der Waals surface area contributed by atoms with Crippen LogP contribution >= 0.6 is 0 Å². The first-order chi connectivity index (χ1) is 11.6. The predicted octanol–water partition coefficient (Wildman–Crippen LogP) is 3.31. The van der Waals surface area contributed by atoms with Crippen LogP contribution in [-0.2, 0) is 6.42 Å². The van der Waals surface area contributed by atoms with Crippen molar-refractivity contribution in [1.82, 2.24) is 14.9 Å². The van der Waals surface area contributed by atoms with Crippen molar-refractivity contribution in [2.75, 3.05) is 25.5 Å². The molecule has 0 aliphatic carbocycles. The van der Waals surface area contributed by atoms with Gasteiger partial charge in [-0.15, -0.1) is 0 Å². The molecule has 0 atom stereocenters. The number of carbonyl (C=O) groups excluding carboxylic acids is 1. The molecule has 2 rings (SSSR count). The Balaban J connectivity index is 1.98. The molecule has 5 nitrogen and oxygen atoms in total. The summed E-state index contributed by atoms with van der Waals surface area (Å²) in [5.41, 5.74) is 2.50. The van der Waals surface area contributed by atoms with Gasteiger partial charge in [0.05, 0.1) is 0 Å². The van der Waals surface area contributed by atoms with Crippen LogP contribution in [0.15, 0.2) is 36.4 Å². The van der Waals surface area contributed by atoms with Gasteiger partial charge < -0.3 is 10.2 Å². The van der Waals surface area contributed by atoms with Crippen LogP contribution < -0.4 is 5.32 Å². The van der Waals surface area contributed by atoms with Gasteiger partial charge in [0.25, 0.3) is 5.91 Å². The summed E-state index contributed by atoms with van der Waals surface area (Å²) in [4.78, 5) is 22.9. The molecule has 1 aromatic carbocycles. The number of hydrogen-bond donors (Lipinski definition) is 1. The fourth-order valence-corrected chi connectivity index (χ4v) is 2.41. The van der Waals surface area contributed by atoms with Crippen LogP contribution in [0.5, 0.6) is 0 Å². The van der Waals surface area contributed by atoms with Gasteiger partial charge in [0.1, 0.15) is 5.69 Å². The highest BCUT2D eigenvalue weighted by atomic mass is 16.2. The average Bonchev–Trinajstić information content (AvgIpc) is 2.59. The lowest BCUT2D eigenvalue weighted by Crippen LogP contribution is -2.29. The molecule has 0 saturated carbocycles. The minimum atomic E-state index is -0.0555. The summed E-state index contributed by atoms with van der Waals surface area (Å²) in [6.07, 6.45) is 2.94. The quantitative estimate of drug-likeness (QED) is 0.808. The Hall–Kier alpha value is -2.43. The van der Waals surface area contributed by atoms with Crippen molar-refractivity contribution in [1.29, 1.82) is 0 Å². The maximum absolute atomic E-state index is 12.5. The summed E-state index contributed by atoms with van der Waals surface area (Å²) in [5.74, 6) is 0.457. The minimum absolute atomic E-state index is 0.0555. The number of amides is 1. The number of carbonyl (C=O) groups is 1. The van der Waals surface area contributed by atoms with Gasteiger partial charge in [0.15, 0.2) is 0 Å². The van der Waals surface area contributed by atoms with E-state index in [9.17, 15) is 4.79 Å². The van der Waals surface area contributed by atoms with Crippen LogP contribution in [0, 0.1) is 6.92 Å². The van der Waals surface area contributed by atoms with Crippen LogP contribution in [0.2, 0.25) is 0 Å². The van der Waals surface area contributed by atoms with E-state index < -0.39 is 0 Å². The van der Waals surface area contributed by atoms with Crippen molar-refractivity contribution in [3.63, 3.8) is 0 Å². The smallest absolute Gasteiger partial charge is 0.272 e. The Kier molecular flexibility index (Phi) is 6.73. The van der Waals surface area contributed by atoms with Crippen molar-refractivity contribution in [2.45, 2.75) is 33.1 Å². The molecule has 128 valence electrons. The Morgan fingerprint density at radius 1 is 1.21 bits per heavy atom. The van der Waals surface area contributed by atoms with Crippen LogP contribution in [0.1, 0.15) is 41.5 Å². The van der Waals surface area contributed by atoms with Gasteiger partial charge in [0.2, 0.25) is 5.95 Å². The first-order valence-corrected chi connectivity index (χ1v) is 8.49. The number of benzene rings is 1. The first-order valence-electron chi connectivity index (χ1n) is 8.49. The lowest BCUT2D eigenvalue weighted by Gasteiger charge is -2.17. The van der Waals surface area contributed by atoms with E-state index >= 15 is 0 Å². The van der Waals surface area contributed by atoms with Crippen molar-refractivity contribution >= 4 is 11.9 Å². The van der Waals surface area contributed by atoms with E-state index in [2.05, 4.69) is 34.3 Å². The van der Waals surface area contributed by atoms with Gasteiger partial charge in [0, 0.05) is 25.8 Å². The van der Waals surface area contributed by atoms with Crippen LogP contribution in [-0.4, -0.2) is 40.9 Å². The van der Waals surface area contributed by atoms with E-state index in [1.807, 2.05) is 32.2 Å². The third-order valence-electron chi connectivity index (χ3n) is 3.81. The van der Waals surface area contributed by atoms with E-state index in [0.717, 1.165) is 38.0 Å². The molecule has 24 heavy (non-hydrogen) atoms. The van der Waals surface area contributed by atoms with E-state index in [-0.39, 0.29) is 5.91 Å². The maximum atomic E-state index is 12.5. The zero-order valence-corrected chi connectivity index (χ0v) is 14.7. The number of nitrogens with one attached hydrogen (secondary N) is 1. The molecule has 0 aliphatic rings. The number of hydrogen-bond acceptors (Lipinski definition) is 4. The molecule has 0 radical (unpaired) electrons. The van der Waals surface area contributed by atoms with Crippen LogP contribution in [0.4, 0.5) is 5.95 Å². The molecule has 0 unspecified atom stereocenters. The van der Waals surface area contributed by atoms with Gasteiger partial charge in [-0.25, -0.2) is 9.97 Å². The second-order valence-electron chi connectivity index (χ2n) is 5.96. The molecule has 0 saturated heterocycles. The fraction of sp³-hybridized carbons (Fsp3) is 0.421. The van der Waals surface area contributed by atoms with E-state index in [1.165, 1.54) is 5.56 Å². The number of anilines is 1. The van der Waals surface area contributed by atoms with E-state index in [4.69, 9.17) is 0 Å². The second kappa shape index (κ2) is 9.01. The summed E-state index contributed by atoms with van der Waals surface area (Å²) < 4.78 is 0. The Labute approximate surface area is 144 Å². The highest BCUT2D eigenvalue weighted by Crippen LogP contribution is 2.09. The van der Waals surface area contributed by atoms with Crippen LogP contribution in [0.25, 0.3) is 0 Å². The number of unbranched alkanes of at least 4 members (excludes halogenated alkanes) is 1. The van der Waals surface area contributed by atoms with Crippen molar-refractivity contribution in [3.05, 3.63) is 53.3 Å². The summed E-state index contributed by atoms with van der Waals surface area (Å²) in [7, 11) is 1.82. The lowest BCUT2D eigenvalue weighted by atomic mass is 10.1. The van der Waals surface area contributed by atoms with Crippen molar-refractivity contribution < 1.29 is 4.79 Å². The number of rotatable bonds is 8. The number of aromatic nitrogens is 2. The van der Waals surface area contributed by atoms with E-state index in [1.54, 1.807) is 11.0 Å². The fourth-order valence-electron chi connectivity index (χ4n) is 2.41. The lowest BCUT2D eigenvalue weighted by molar-refractivity contribution is 0.0787. The SMILES string of the molecule is CCCCN(C)C(=O)c1cc(C)nc(NCCc2ccccc2)n1. The third kappa shape index (κ3) is 5.33. The minimum Gasteiger partial charge on any atom is -0.354 e. The van der Waals surface area contributed by atoms with Crippen LogP contribution in [0.3, 0.4) is 0 Å². The zero-order valence-electron chi connectivity index (χ0n) is 14.7. The zero-order chi connectivity index (χ0) is 17.4. The molecule has 0 fully saturated rings. The molecule has 2 aromatic rings. The summed E-state index contributed by atoms with van der Waals surface area (Å²) >= 11 is 0. The Morgan fingerprint density at radius 2 is 1.96 bits per heavy atom. The van der Waals surface area contributed by atoms with Gasteiger partial charge >= 0.3 is 0 Å². The normalized spacial score (nSPS) is 10.5. The molecule has 0 aliphatic heterocycles. The summed E-state index contributed by atoms with van der Waals surface area (Å²) in [6, 6.07) is 12.0. The molecule has 1 N–H and O–H groups in total. The predicted molar refractivity (Wildman–Crippen MR) is 97.3 cm³/mol. The highest BCUT2D eigenvalue weighted by molar-refractivity contribution is 5.92. The van der Waals surface area contributed by atoms with Gasteiger partial charge in [-0.2, -0.15) is 0 Å². The van der Waals surface area contributed by atoms with Crippen molar-refractivity contribution in [3.8, 4) is 0 Å². The third-order valence-corrected chi connectivity index (χ3v) is 3.81. The first kappa shape index (κ1) is 17.9. The van der Waals surface area contributed by atoms with Gasteiger partial charge in [-0.3, -0.25) is 4.79 Å². The van der Waals surface area contributed by atoms with E-state index in [0.29, 0.717) is 11.6 Å². The molecule has 1 aromatic heterocycles. The Morgan fingerprint density at radius 3 is 2.67 bits per heavy atom. The van der Waals surface area contributed by atoms with Gasteiger partial charge in [-0.05, 0) is 31.4 Å². The molecule has 5 heteroatoms. The average molecular weight is 326 g/mol. The number of aryl methyl sites for hydroxylation is 1. The number of nitrogens with zero attached hydrogens (tertiary/aromatic N) is 3. The monoisotopic (exact) mass is 326 g/mol. The standard InChI is InChI=1S/C19H26N4O/c1-4-5-13-23(3)18(24)17-14-15(2)21-19(22-17)20-12-11-16-9-7-6-8-10-16/h6-10,14H,4-5,11-13H2,1-3H3,(H,20,21,22). The van der Waals surface area contributed by atoms with Crippen molar-refractivity contribution in [2.24, 2.45) is 0 Å². The molecular formula is C19H26N4O. The maximum Gasteiger partial charge on any atom is 0.272 e. The summed E-state index contributed by atoms with van der Waals surface area (Å²) in [5, 5.41) is 3.22. The molecule has 0 bridgehead atoms.